The number of benzene rings is 1. The van der Waals surface area contributed by atoms with Crippen molar-refractivity contribution in [3.63, 3.8) is 0 Å². The van der Waals surface area contributed by atoms with Crippen LogP contribution in [0.5, 0.6) is 0 Å². The fourth-order valence-electron chi connectivity index (χ4n) is 1.53. The monoisotopic (exact) mass is 211 g/mol. The van der Waals surface area contributed by atoms with Gasteiger partial charge in [-0.25, -0.2) is 4.39 Å². The predicted molar refractivity (Wildman–Crippen MR) is 60.8 cm³/mol. The van der Waals surface area contributed by atoms with Crippen LogP contribution in [0.2, 0.25) is 0 Å². The number of halogens is 1. The van der Waals surface area contributed by atoms with Crippen LogP contribution in [0.4, 0.5) is 10.1 Å². The van der Waals surface area contributed by atoms with E-state index in [1.54, 1.807) is 6.07 Å². The Morgan fingerprint density at radius 1 is 1.33 bits per heavy atom. The molecule has 3 heteroatoms. The molecule has 0 fully saturated rings. The second-order valence-corrected chi connectivity index (χ2v) is 4.60. The van der Waals surface area contributed by atoms with Gasteiger partial charge in [-0.05, 0) is 17.7 Å². The summed E-state index contributed by atoms with van der Waals surface area (Å²) in [6.45, 7) is 3.92. The second kappa shape index (κ2) is 4.19. The topological polar surface area (TPSA) is 23.5 Å². The Morgan fingerprint density at radius 3 is 2.40 bits per heavy atom. The Labute approximate surface area is 90.3 Å². The summed E-state index contributed by atoms with van der Waals surface area (Å²) < 4.78 is 13.1. The van der Waals surface area contributed by atoms with Gasteiger partial charge in [-0.3, -0.25) is 0 Å². The van der Waals surface area contributed by atoms with Gasteiger partial charge < -0.3 is 10.0 Å². The van der Waals surface area contributed by atoms with Gasteiger partial charge in [0.1, 0.15) is 5.82 Å². The molecular formula is C12H18FNO. The minimum atomic E-state index is -0.354. The van der Waals surface area contributed by atoms with E-state index in [9.17, 15) is 9.50 Å². The Kier molecular flexibility index (Phi) is 3.35. The fraction of sp³-hybridized carbons (Fsp3) is 0.500. The number of hydrogen-bond donors (Lipinski definition) is 1. The van der Waals surface area contributed by atoms with Crippen molar-refractivity contribution in [3.8, 4) is 0 Å². The van der Waals surface area contributed by atoms with E-state index in [-0.39, 0.29) is 17.8 Å². The van der Waals surface area contributed by atoms with Crippen molar-refractivity contribution in [1.29, 1.82) is 0 Å². The maximum Gasteiger partial charge on any atom is 0.125 e. The predicted octanol–water partition coefficient (Wildman–Crippen LogP) is 2.16. The first-order valence-electron chi connectivity index (χ1n) is 4.96. The van der Waals surface area contributed by atoms with Crippen molar-refractivity contribution >= 4 is 5.69 Å². The number of rotatable bonds is 3. The molecule has 0 radical (unpaired) electrons. The average molecular weight is 211 g/mol. The SMILES string of the molecule is CN(C)c1cc(F)ccc1C(C)(C)CO. The van der Waals surface area contributed by atoms with Crippen molar-refractivity contribution in [2.45, 2.75) is 19.3 Å². The standard InChI is InChI=1S/C12H18FNO/c1-12(2,8-15)10-6-5-9(13)7-11(10)14(3)4/h5-7,15H,8H2,1-4H3. The van der Waals surface area contributed by atoms with Gasteiger partial charge in [-0.15, -0.1) is 0 Å². The molecule has 0 amide bonds. The lowest BCUT2D eigenvalue weighted by Gasteiger charge is -2.28. The number of nitrogens with zero attached hydrogens (tertiary/aromatic N) is 1. The molecule has 1 N–H and O–H groups in total. The highest BCUT2D eigenvalue weighted by Crippen LogP contribution is 2.31. The van der Waals surface area contributed by atoms with E-state index >= 15 is 0 Å². The maximum atomic E-state index is 13.1. The molecule has 0 saturated heterocycles. The first-order chi connectivity index (χ1) is 6.88. The molecule has 0 aliphatic heterocycles. The molecule has 2 nitrogen and oxygen atoms in total. The summed E-state index contributed by atoms with van der Waals surface area (Å²) in [4.78, 5) is 1.86. The molecule has 1 aromatic rings. The zero-order valence-corrected chi connectivity index (χ0v) is 9.71. The van der Waals surface area contributed by atoms with Crippen molar-refractivity contribution in [3.05, 3.63) is 29.6 Å². The van der Waals surface area contributed by atoms with Crippen LogP contribution in [-0.4, -0.2) is 25.8 Å². The minimum Gasteiger partial charge on any atom is -0.395 e. The number of aliphatic hydroxyl groups excluding tert-OH is 1. The van der Waals surface area contributed by atoms with Crippen molar-refractivity contribution < 1.29 is 9.50 Å². The second-order valence-electron chi connectivity index (χ2n) is 4.60. The highest BCUT2D eigenvalue weighted by molar-refractivity contribution is 5.55. The fourth-order valence-corrected chi connectivity index (χ4v) is 1.53. The largest absolute Gasteiger partial charge is 0.395 e. The normalized spacial score (nSPS) is 11.6. The molecule has 0 atom stereocenters. The third-order valence-electron chi connectivity index (χ3n) is 2.57. The molecule has 15 heavy (non-hydrogen) atoms. The summed E-state index contributed by atoms with van der Waals surface area (Å²) in [5.74, 6) is -0.254. The molecule has 0 aliphatic rings. The molecule has 0 bridgehead atoms. The summed E-state index contributed by atoms with van der Waals surface area (Å²) in [6, 6.07) is 4.66. The molecule has 84 valence electrons. The van der Waals surface area contributed by atoms with E-state index in [1.165, 1.54) is 12.1 Å². The molecule has 1 rings (SSSR count). The Bertz CT molecular complexity index is 347. The molecule has 0 spiro atoms. The van der Waals surface area contributed by atoms with E-state index in [0.717, 1.165) is 11.3 Å². The summed E-state index contributed by atoms with van der Waals surface area (Å²) in [5, 5.41) is 9.31. The van der Waals surface area contributed by atoms with E-state index in [0.29, 0.717) is 0 Å². The van der Waals surface area contributed by atoms with Gasteiger partial charge in [0.2, 0.25) is 0 Å². The first-order valence-corrected chi connectivity index (χ1v) is 4.96. The minimum absolute atomic E-state index is 0.0411. The smallest absolute Gasteiger partial charge is 0.125 e. The lowest BCUT2D eigenvalue weighted by molar-refractivity contribution is 0.218. The molecule has 0 heterocycles. The summed E-state index contributed by atoms with van der Waals surface area (Å²) in [7, 11) is 3.73. The van der Waals surface area contributed by atoms with E-state index in [4.69, 9.17) is 0 Å². The van der Waals surface area contributed by atoms with Crippen molar-refractivity contribution in [2.75, 3.05) is 25.6 Å². The van der Waals surface area contributed by atoms with Crippen molar-refractivity contribution in [1.82, 2.24) is 0 Å². The summed E-state index contributed by atoms with van der Waals surface area (Å²) in [6.07, 6.45) is 0. The molecule has 0 unspecified atom stereocenters. The number of anilines is 1. The molecule has 0 aromatic heterocycles. The van der Waals surface area contributed by atoms with Crippen LogP contribution in [0.3, 0.4) is 0 Å². The highest BCUT2D eigenvalue weighted by atomic mass is 19.1. The lowest BCUT2D eigenvalue weighted by Crippen LogP contribution is -2.25. The third kappa shape index (κ3) is 2.48. The van der Waals surface area contributed by atoms with Gasteiger partial charge in [-0.1, -0.05) is 19.9 Å². The summed E-state index contributed by atoms with van der Waals surface area (Å²) in [5.41, 5.74) is 1.42. The molecule has 1 aromatic carbocycles. The van der Waals surface area contributed by atoms with Crippen LogP contribution in [0.15, 0.2) is 18.2 Å². The van der Waals surface area contributed by atoms with Gasteiger partial charge in [-0.2, -0.15) is 0 Å². The van der Waals surface area contributed by atoms with Gasteiger partial charge >= 0.3 is 0 Å². The Hall–Kier alpha value is -1.09. The van der Waals surface area contributed by atoms with E-state index < -0.39 is 0 Å². The quantitative estimate of drug-likeness (QED) is 0.828. The Balaban J connectivity index is 3.29. The maximum absolute atomic E-state index is 13.1. The zero-order chi connectivity index (χ0) is 11.6. The van der Waals surface area contributed by atoms with Crippen LogP contribution in [0.25, 0.3) is 0 Å². The molecule has 0 saturated carbocycles. The lowest BCUT2D eigenvalue weighted by atomic mass is 9.84. The van der Waals surface area contributed by atoms with Gasteiger partial charge in [0.25, 0.3) is 0 Å². The third-order valence-corrected chi connectivity index (χ3v) is 2.57. The molecular weight excluding hydrogens is 193 g/mol. The average Bonchev–Trinajstić information content (AvgIpc) is 2.17. The first kappa shape index (κ1) is 12.0. The van der Waals surface area contributed by atoms with Gasteiger partial charge in [0, 0.05) is 25.2 Å². The van der Waals surface area contributed by atoms with Crippen LogP contribution >= 0.6 is 0 Å². The van der Waals surface area contributed by atoms with Crippen LogP contribution in [0, 0.1) is 5.82 Å². The zero-order valence-electron chi connectivity index (χ0n) is 9.71. The van der Waals surface area contributed by atoms with Crippen LogP contribution < -0.4 is 4.90 Å². The van der Waals surface area contributed by atoms with Gasteiger partial charge in [0.05, 0.1) is 6.61 Å². The number of hydrogen-bond acceptors (Lipinski definition) is 2. The van der Waals surface area contributed by atoms with E-state index in [1.807, 2.05) is 32.8 Å². The number of aliphatic hydroxyl groups is 1. The van der Waals surface area contributed by atoms with Crippen LogP contribution in [-0.2, 0) is 5.41 Å². The Morgan fingerprint density at radius 2 is 1.93 bits per heavy atom. The van der Waals surface area contributed by atoms with E-state index in [2.05, 4.69) is 0 Å². The van der Waals surface area contributed by atoms with Crippen molar-refractivity contribution in [2.24, 2.45) is 0 Å². The molecule has 0 aliphatic carbocycles. The van der Waals surface area contributed by atoms with Gasteiger partial charge in [0.15, 0.2) is 0 Å². The highest BCUT2D eigenvalue weighted by Gasteiger charge is 2.23. The van der Waals surface area contributed by atoms with Crippen LogP contribution in [0.1, 0.15) is 19.4 Å². The summed E-state index contributed by atoms with van der Waals surface area (Å²) >= 11 is 0.